The molecule has 1 unspecified atom stereocenters. The molecule has 0 aromatic heterocycles. The lowest BCUT2D eigenvalue weighted by atomic mass is 10.1. The molecular weight excluding hydrogens is 328 g/mol. The van der Waals surface area contributed by atoms with Crippen LogP contribution in [0, 0.1) is 0 Å². The van der Waals surface area contributed by atoms with Crippen molar-refractivity contribution < 1.29 is 32.6 Å². The first-order chi connectivity index (χ1) is 10.7. The lowest BCUT2D eigenvalue weighted by Gasteiger charge is -2.34. The number of carboxylic acid groups (broad SMARTS) is 1. The number of hydrogen-bond donors (Lipinski definition) is 2. The minimum Gasteiger partial charge on any atom is -0.481 e. The standard InChI is InChI=1S/C13H24N2O7S/c1-10(2)22-5-6-23(19,20)14-8-12(16)15-3-4-21-9-11(15)7-13(17)18/h10-11,14H,3-9H2,1-2H3,(H,17,18). The Bertz CT molecular complexity index is 506. The van der Waals surface area contributed by atoms with Crippen LogP contribution in [0.2, 0.25) is 0 Å². The lowest BCUT2D eigenvalue weighted by Crippen LogP contribution is -2.52. The summed E-state index contributed by atoms with van der Waals surface area (Å²) in [7, 11) is -3.62. The van der Waals surface area contributed by atoms with Gasteiger partial charge in [-0.1, -0.05) is 0 Å². The number of hydrogen-bond acceptors (Lipinski definition) is 6. The van der Waals surface area contributed by atoms with Gasteiger partial charge in [0, 0.05) is 6.54 Å². The van der Waals surface area contributed by atoms with Crippen LogP contribution in [0.25, 0.3) is 0 Å². The summed E-state index contributed by atoms with van der Waals surface area (Å²) in [4.78, 5) is 24.3. The van der Waals surface area contributed by atoms with E-state index in [-0.39, 0.29) is 38.0 Å². The molecule has 0 spiro atoms. The third-order valence-electron chi connectivity index (χ3n) is 3.20. The quantitative estimate of drug-likeness (QED) is 0.547. The monoisotopic (exact) mass is 352 g/mol. The van der Waals surface area contributed by atoms with Gasteiger partial charge in [0.25, 0.3) is 0 Å². The third-order valence-corrected chi connectivity index (χ3v) is 4.49. The van der Waals surface area contributed by atoms with Crippen molar-refractivity contribution in [2.24, 2.45) is 0 Å². The summed E-state index contributed by atoms with van der Waals surface area (Å²) in [6.45, 7) is 3.91. The normalized spacial score (nSPS) is 19.1. The van der Waals surface area contributed by atoms with Crippen LogP contribution in [0.15, 0.2) is 0 Å². The number of nitrogens with zero attached hydrogens (tertiary/aromatic N) is 1. The van der Waals surface area contributed by atoms with Crippen LogP contribution in [0.1, 0.15) is 20.3 Å². The zero-order valence-corrected chi connectivity index (χ0v) is 14.2. The van der Waals surface area contributed by atoms with Gasteiger partial charge < -0.3 is 19.5 Å². The number of sulfonamides is 1. The van der Waals surface area contributed by atoms with Gasteiger partial charge >= 0.3 is 5.97 Å². The number of amides is 1. The minimum atomic E-state index is -3.62. The fraction of sp³-hybridized carbons (Fsp3) is 0.846. The fourth-order valence-corrected chi connectivity index (χ4v) is 2.90. The average molecular weight is 352 g/mol. The van der Waals surface area contributed by atoms with Crippen molar-refractivity contribution in [1.82, 2.24) is 9.62 Å². The van der Waals surface area contributed by atoms with Crippen LogP contribution < -0.4 is 4.72 Å². The summed E-state index contributed by atoms with van der Waals surface area (Å²) in [6, 6.07) is -0.581. The summed E-state index contributed by atoms with van der Waals surface area (Å²) in [5.41, 5.74) is 0. The molecule has 0 aromatic rings. The number of aliphatic carboxylic acids is 1. The molecule has 0 radical (unpaired) electrons. The first-order valence-electron chi connectivity index (χ1n) is 7.39. The Morgan fingerprint density at radius 3 is 2.74 bits per heavy atom. The SMILES string of the molecule is CC(C)OCCS(=O)(=O)NCC(=O)N1CCOCC1CC(=O)O. The Balaban J connectivity index is 2.48. The molecule has 134 valence electrons. The average Bonchev–Trinajstić information content (AvgIpc) is 2.44. The van der Waals surface area contributed by atoms with Gasteiger partial charge in [-0.15, -0.1) is 0 Å². The van der Waals surface area contributed by atoms with Crippen LogP contribution in [-0.4, -0.2) is 81.1 Å². The van der Waals surface area contributed by atoms with Crippen molar-refractivity contribution >= 4 is 21.9 Å². The Labute approximate surface area is 136 Å². The van der Waals surface area contributed by atoms with E-state index in [2.05, 4.69) is 4.72 Å². The van der Waals surface area contributed by atoms with Gasteiger partial charge in [0.05, 0.1) is 50.7 Å². The first-order valence-corrected chi connectivity index (χ1v) is 9.04. The van der Waals surface area contributed by atoms with Crippen LogP contribution >= 0.6 is 0 Å². The number of ether oxygens (including phenoxy) is 2. The second-order valence-electron chi connectivity index (χ2n) is 5.47. The van der Waals surface area contributed by atoms with Gasteiger partial charge in [-0.25, -0.2) is 13.1 Å². The zero-order valence-electron chi connectivity index (χ0n) is 13.4. The van der Waals surface area contributed by atoms with Gasteiger partial charge in [0.15, 0.2) is 0 Å². The predicted molar refractivity (Wildman–Crippen MR) is 81.5 cm³/mol. The number of carbonyl (C=O) groups excluding carboxylic acids is 1. The van der Waals surface area contributed by atoms with Gasteiger partial charge in [0.1, 0.15) is 0 Å². The Kier molecular flexibility index (Phi) is 7.89. The van der Waals surface area contributed by atoms with Crippen LogP contribution in [0.5, 0.6) is 0 Å². The summed E-state index contributed by atoms with van der Waals surface area (Å²) >= 11 is 0. The highest BCUT2D eigenvalue weighted by Crippen LogP contribution is 2.11. The van der Waals surface area contributed by atoms with E-state index in [0.29, 0.717) is 6.61 Å². The maximum Gasteiger partial charge on any atom is 0.305 e. The first kappa shape index (κ1) is 19.8. The molecule has 9 nitrogen and oxygen atoms in total. The maximum atomic E-state index is 12.1. The smallest absolute Gasteiger partial charge is 0.305 e. The van der Waals surface area contributed by atoms with Crippen molar-refractivity contribution in [2.75, 3.05) is 38.7 Å². The number of nitrogens with one attached hydrogen (secondary N) is 1. The summed E-state index contributed by atoms with van der Waals surface area (Å²) in [6.07, 6.45) is -0.308. The predicted octanol–water partition coefficient (Wildman–Crippen LogP) is -0.967. The molecular formula is C13H24N2O7S. The molecule has 0 aliphatic carbocycles. The van der Waals surface area contributed by atoms with E-state index < -0.39 is 34.5 Å². The molecule has 2 N–H and O–H groups in total. The topological polar surface area (TPSA) is 122 Å². The minimum absolute atomic E-state index is 0.0420. The number of carbonyl (C=O) groups is 2. The molecule has 1 fully saturated rings. The molecule has 1 aliphatic rings. The van der Waals surface area contributed by atoms with E-state index in [9.17, 15) is 18.0 Å². The zero-order chi connectivity index (χ0) is 17.5. The molecule has 0 saturated carbocycles. The summed E-state index contributed by atoms with van der Waals surface area (Å²) in [5, 5.41) is 8.85. The lowest BCUT2D eigenvalue weighted by molar-refractivity contribution is -0.145. The highest BCUT2D eigenvalue weighted by molar-refractivity contribution is 7.89. The largest absolute Gasteiger partial charge is 0.481 e. The van der Waals surface area contributed by atoms with E-state index in [0.717, 1.165) is 0 Å². The second-order valence-corrected chi connectivity index (χ2v) is 7.40. The summed E-state index contributed by atoms with van der Waals surface area (Å²) in [5.74, 6) is -1.74. The number of morpholine rings is 1. The van der Waals surface area contributed by atoms with Gasteiger partial charge in [-0.3, -0.25) is 9.59 Å². The molecule has 10 heteroatoms. The van der Waals surface area contributed by atoms with Gasteiger partial charge in [0.2, 0.25) is 15.9 Å². The van der Waals surface area contributed by atoms with Crippen LogP contribution in [0.3, 0.4) is 0 Å². The van der Waals surface area contributed by atoms with Crippen molar-refractivity contribution in [2.45, 2.75) is 32.4 Å². The van der Waals surface area contributed by atoms with Crippen molar-refractivity contribution in [3.05, 3.63) is 0 Å². The Hall–Kier alpha value is -1.23. The highest BCUT2D eigenvalue weighted by Gasteiger charge is 2.29. The molecule has 1 rings (SSSR count). The molecule has 0 aromatic carbocycles. The van der Waals surface area contributed by atoms with E-state index in [4.69, 9.17) is 14.6 Å². The molecule has 1 amide bonds. The van der Waals surface area contributed by atoms with E-state index in [1.54, 1.807) is 13.8 Å². The Morgan fingerprint density at radius 1 is 1.43 bits per heavy atom. The van der Waals surface area contributed by atoms with E-state index in [1.807, 2.05) is 0 Å². The third kappa shape index (κ3) is 7.73. The fourth-order valence-electron chi connectivity index (χ4n) is 2.09. The van der Waals surface area contributed by atoms with Crippen molar-refractivity contribution in [3.8, 4) is 0 Å². The molecule has 1 aliphatic heterocycles. The van der Waals surface area contributed by atoms with Crippen LogP contribution in [0.4, 0.5) is 0 Å². The maximum absolute atomic E-state index is 12.1. The Morgan fingerprint density at radius 2 is 2.13 bits per heavy atom. The molecule has 0 bridgehead atoms. The summed E-state index contributed by atoms with van der Waals surface area (Å²) < 4.78 is 36.1. The van der Waals surface area contributed by atoms with E-state index >= 15 is 0 Å². The van der Waals surface area contributed by atoms with Crippen molar-refractivity contribution in [3.63, 3.8) is 0 Å². The van der Waals surface area contributed by atoms with E-state index in [1.165, 1.54) is 4.90 Å². The second kappa shape index (κ2) is 9.16. The van der Waals surface area contributed by atoms with Gasteiger partial charge in [-0.05, 0) is 13.8 Å². The molecule has 1 saturated heterocycles. The molecule has 23 heavy (non-hydrogen) atoms. The van der Waals surface area contributed by atoms with Crippen molar-refractivity contribution in [1.29, 1.82) is 0 Å². The highest BCUT2D eigenvalue weighted by atomic mass is 32.2. The van der Waals surface area contributed by atoms with Crippen LogP contribution in [-0.2, 0) is 29.1 Å². The number of rotatable bonds is 9. The van der Waals surface area contributed by atoms with Gasteiger partial charge in [-0.2, -0.15) is 0 Å². The molecule has 1 atom stereocenters. The number of carboxylic acids is 1. The molecule has 1 heterocycles.